The predicted octanol–water partition coefficient (Wildman–Crippen LogP) is 5.08. The normalized spacial score (nSPS) is 9.38. The average molecular weight is 451 g/mol. The van der Waals surface area contributed by atoms with Crippen LogP contribution in [0.25, 0.3) is 0 Å². The van der Waals surface area contributed by atoms with Gasteiger partial charge < -0.3 is 29.9 Å². The van der Waals surface area contributed by atoms with E-state index in [4.69, 9.17) is 29.3 Å². The van der Waals surface area contributed by atoms with Gasteiger partial charge in [-0.1, -0.05) is 38.5 Å². The van der Waals surface area contributed by atoms with Gasteiger partial charge >= 0.3 is 0 Å². The minimum atomic E-state index is -0.250. The van der Waals surface area contributed by atoms with Crippen LogP contribution in [0.15, 0.2) is 48.5 Å². The van der Waals surface area contributed by atoms with E-state index in [0.29, 0.717) is 0 Å². The van der Waals surface area contributed by atoms with Crippen LogP contribution in [-0.4, -0.2) is 46.6 Å². The van der Waals surface area contributed by atoms with Gasteiger partial charge in [0.25, 0.3) is 12.9 Å². The van der Waals surface area contributed by atoms with Gasteiger partial charge in [0.15, 0.2) is 0 Å². The zero-order valence-corrected chi connectivity index (χ0v) is 18.3. The first-order valence-corrected chi connectivity index (χ1v) is 10.6. The third-order valence-corrected chi connectivity index (χ3v) is 4.25. The molecule has 8 heteroatoms. The van der Waals surface area contributed by atoms with Crippen LogP contribution in [0.1, 0.15) is 51.4 Å². The number of aromatic hydroxyl groups is 2. The third-order valence-electron chi connectivity index (χ3n) is 4.25. The Balaban J connectivity index is 0.00000144. The van der Waals surface area contributed by atoms with E-state index in [1.807, 2.05) is 0 Å². The van der Waals surface area contributed by atoms with Gasteiger partial charge in [0.05, 0.1) is 13.2 Å². The molecule has 0 radical (unpaired) electrons. The molecule has 0 atom stereocenters. The first-order chi connectivity index (χ1) is 15.6. The molecule has 2 aromatic carbocycles. The summed E-state index contributed by atoms with van der Waals surface area (Å²) in [6, 6.07) is 13.7. The Kier molecular flexibility index (Phi) is 18.6. The van der Waals surface area contributed by atoms with Crippen molar-refractivity contribution in [2.24, 2.45) is 0 Å². The Bertz CT molecular complexity index is 625. The summed E-state index contributed by atoms with van der Waals surface area (Å²) in [6.07, 6.45) is 9.59. The number of ether oxygens (including phenoxy) is 2. The zero-order chi connectivity index (χ0) is 23.9. The highest BCUT2D eigenvalue weighted by Gasteiger charge is 1.97. The van der Waals surface area contributed by atoms with E-state index in [2.05, 4.69) is 0 Å². The van der Waals surface area contributed by atoms with Crippen LogP contribution < -0.4 is 9.47 Å². The number of carbonyl (C=O) groups is 2. The molecular weight excluding hydrogens is 416 g/mol. The summed E-state index contributed by atoms with van der Waals surface area (Å²) >= 11 is 0. The van der Waals surface area contributed by atoms with Gasteiger partial charge in [-0.15, -0.1) is 0 Å². The minimum Gasteiger partial charge on any atom is -0.508 e. The summed E-state index contributed by atoms with van der Waals surface area (Å²) < 4.78 is 11.3. The molecule has 0 aliphatic heterocycles. The Labute approximate surface area is 189 Å². The minimum absolute atomic E-state index is 0.250. The van der Waals surface area contributed by atoms with Gasteiger partial charge in [-0.2, -0.15) is 0 Å². The summed E-state index contributed by atoms with van der Waals surface area (Å²) in [4.78, 5) is 16.7. The maximum absolute atomic E-state index is 9.21. The highest BCUT2D eigenvalue weighted by atomic mass is 16.5. The number of hydrogen-bond acceptors (Lipinski definition) is 6. The molecule has 32 heavy (non-hydrogen) atoms. The predicted molar refractivity (Wildman–Crippen MR) is 122 cm³/mol. The first-order valence-electron chi connectivity index (χ1n) is 10.6. The molecule has 0 spiro atoms. The van der Waals surface area contributed by atoms with Gasteiger partial charge in [0.1, 0.15) is 23.0 Å². The number of rotatable bonds is 13. The molecule has 0 saturated heterocycles. The highest BCUT2D eigenvalue weighted by molar-refractivity contribution is 5.33. The molecule has 178 valence electrons. The van der Waals surface area contributed by atoms with Gasteiger partial charge in [0.2, 0.25) is 0 Å². The second-order valence-electron chi connectivity index (χ2n) is 6.72. The molecular formula is C24H34O8. The average Bonchev–Trinajstić information content (AvgIpc) is 2.78. The summed E-state index contributed by atoms with van der Waals surface area (Å²) in [5.74, 6) is 2.17. The van der Waals surface area contributed by atoms with Crippen molar-refractivity contribution in [3.8, 4) is 23.0 Å². The number of carboxylic acid groups (broad SMARTS) is 2. The largest absolute Gasteiger partial charge is 0.508 e. The van der Waals surface area contributed by atoms with Crippen LogP contribution in [0.5, 0.6) is 23.0 Å². The molecule has 0 aliphatic rings. The van der Waals surface area contributed by atoms with Crippen molar-refractivity contribution < 1.29 is 39.5 Å². The van der Waals surface area contributed by atoms with Crippen molar-refractivity contribution in [1.82, 2.24) is 0 Å². The fourth-order valence-electron chi connectivity index (χ4n) is 2.73. The molecule has 0 aliphatic carbocycles. The molecule has 0 unspecified atom stereocenters. The molecule has 2 rings (SSSR count). The van der Waals surface area contributed by atoms with Crippen molar-refractivity contribution in [3.63, 3.8) is 0 Å². The first kappa shape index (κ1) is 28.6. The molecule has 0 aromatic heterocycles. The van der Waals surface area contributed by atoms with Crippen LogP contribution in [0, 0.1) is 0 Å². The van der Waals surface area contributed by atoms with E-state index in [1.165, 1.54) is 38.5 Å². The van der Waals surface area contributed by atoms with E-state index in [0.717, 1.165) is 37.6 Å². The maximum atomic E-state index is 9.21. The number of benzene rings is 2. The van der Waals surface area contributed by atoms with Gasteiger partial charge in [-0.05, 0) is 61.4 Å². The van der Waals surface area contributed by atoms with Crippen LogP contribution in [-0.2, 0) is 9.59 Å². The molecule has 2 aromatic rings. The zero-order valence-electron chi connectivity index (χ0n) is 18.3. The molecule has 0 saturated carbocycles. The van der Waals surface area contributed by atoms with E-state index >= 15 is 0 Å². The van der Waals surface area contributed by atoms with E-state index in [-0.39, 0.29) is 24.4 Å². The Morgan fingerprint density at radius 1 is 0.531 bits per heavy atom. The van der Waals surface area contributed by atoms with Gasteiger partial charge in [0, 0.05) is 0 Å². The quantitative estimate of drug-likeness (QED) is 0.245. The van der Waals surface area contributed by atoms with Crippen molar-refractivity contribution in [3.05, 3.63) is 48.5 Å². The van der Waals surface area contributed by atoms with E-state index in [1.54, 1.807) is 48.5 Å². The molecule has 8 nitrogen and oxygen atoms in total. The van der Waals surface area contributed by atoms with Crippen molar-refractivity contribution in [2.75, 3.05) is 13.2 Å². The topological polar surface area (TPSA) is 134 Å². The monoisotopic (exact) mass is 450 g/mol. The summed E-state index contributed by atoms with van der Waals surface area (Å²) in [7, 11) is 0. The fraction of sp³-hybridized carbons (Fsp3) is 0.417. The molecule has 0 heterocycles. The van der Waals surface area contributed by atoms with Gasteiger partial charge in [-0.25, -0.2) is 0 Å². The highest BCUT2D eigenvalue weighted by Crippen LogP contribution is 2.17. The molecule has 0 amide bonds. The molecule has 4 N–H and O–H groups in total. The SMILES string of the molecule is O=CO.O=CO.Oc1ccc(OCCCCCCCCCCOc2ccc(O)cc2)cc1. The summed E-state index contributed by atoms with van der Waals surface area (Å²) in [5.41, 5.74) is 0. The Hall–Kier alpha value is -3.42. The lowest BCUT2D eigenvalue weighted by atomic mass is 10.1. The van der Waals surface area contributed by atoms with Crippen LogP contribution in [0.4, 0.5) is 0 Å². The standard InChI is InChI=1S/C22H30O4.2CH2O2/c23-19-9-13-21(14-10-19)25-17-7-5-3-1-2-4-6-8-18-26-22-15-11-20(24)12-16-22;2*2-1-3/h9-16,23-24H,1-8,17-18H2;2*1H,(H,2,3). The third kappa shape index (κ3) is 17.4. The summed E-state index contributed by atoms with van der Waals surface area (Å²) in [6.45, 7) is 0.971. The smallest absolute Gasteiger partial charge is 0.290 e. The lowest BCUT2D eigenvalue weighted by molar-refractivity contribution is -0.123. The lowest BCUT2D eigenvalue weighted by Gasteiger charge is -2.07. The number of unbranched alkanes of at least 4 members (excludes halogenated alkanes) is 7. The summed E-state index contributed by atoms with van der Waals surface area (Å²) in [5, 5.41) is 32.2. The fourth-order valence-corrected chi connectivity index (χ4v) is 2.73. The van der Waals surface area contributed by atoms with Crippen molar-refractivity contribution in [2.45, 2.75) is 51.4 Å². The van der Waals surface area contributed by atoms with E-state index < -0.39 is 0 Å². The molecule has 0 fully saturated rings. The Morgan fingerprint density at radius 3 is 1.06 bits per heavy atom. The van der Waals surface area contributed by atoms with Crippen LogP contribution >= 0.6 is 0 Å². The van der Waals surface area contributed by atoms with E-state index in [9.17, 15) is 10.2 Å². The number of phenolic OH excluding ortho intramolecular Hbond substituents is 2. The second kappa shape index (κ2) is 20.8. The van der Waals surface area contributed by atoms with Crippen molar-refractivity contribution >= 4 is 12.9 Å². The van der Waals surface area contributed by atoms with Crippen LogP contribution in [0.2, 0.25) is 0 Å². The Morgan fingerprint density at radius 2 is 0.781 bits per heavy atom. The second-order valence-corrected chi connectivity index (χ2v) is 6.72. The molecule has 0 bridgehead atoms. The van der Waals surface area contributed by atoms with Crippen LogP contribution in [0.3, 0.4) is 0 Å². The van der Waals surface area contributed by atoms with Gasteiger partial charge in [-0.3, -0.25) is 9.59 Å². The number of phenols is 2. The maximum Gasteiger partial charge on any atom is 0.290 e. The number of hydrogen-bond donors (Lipinski definition) is 4. The lowest BCUT2D eigenvalue weighted by Crippen LogP contribution is -1.97. The van der Waals surface area contributed by atoms with Crippen molar-refractivity contribution in [1.29, 1.82) is 0 Å².